The van der Waals surface area contributed by atoms with Crippen molar-refractivity contribution in [3.8, 4) is 0 Å². The van der Waals surface area contributed by atoms with Crippen molar-refractivity contribution in [2.75, 3.05) is 18.4 Å². The maximum Gasteiger partial charge on any atom is 0.270 e. The second kappa shape index (κ2) is 8.18. The van der Waals surface area contributed by atoms with E-state index in [1.54, 1.807) is 4.90 Å². The molecule has 1 aliphatic heterocycles. The molecule has 1 aliphatic rings. The van der Waals surface area contributed by atoms with E-state index in [0.717, 1.165) is 5.69 Å². The number of halogens is 1. The maximum absolute atomic E-state index is 12.7. The van der Waals surface area contributed by atoms with Gasteiger partial charge in [-0.25, -0.2) is 0 Å². The first-order valence-electron chi connectivity index (χ1n) is 8.55. The van der Waals surface area contributed by atoms with Gasteiger partial charge in [-0.2, -0.15) is 0 Å². The summed E-state index contributed by atoms with van der Waals surface area (Å²) in [6.45, 7) is 0.787. The fraction of sp³-hybridized carbons (Fsp3) is 0.263. The maximum atomic E-state index is 12.7. The predicted octanol–water partition coefficient (Wildman–Crippen LogP) is 3.74. The number of nitrogens with one attached hydrogen (secondary N) is 1. The number of likely N-dealkylation sites (tertiary alicyclic amines) is 1. The van der Waals surface area contributed by atoms with Gasteiger partial charge in [0.25, 0.3) is 11.6 Å². The summed E-state index contributed by atoms with van der Waals surface area (Å²) >= 11 is 6.05. The van der Waals surface area contributed by atoms with Gasteiger partial charge < -0.3 is 10.2 Å². The first kappa shape index (κ1) is 18.8. The van der Waals surface area contributed by atoms with E-state index in [1.807, 2.05) is 30.3 Å². The minimum absolute atomic E-state index is 0.0679. The molecule has 27 heavy (non-hydrogen) atoms. The Balaban J connectivity index is 1.62. The van der Waals surface area contributed by atoms with Crippen LogP contribution in [0.2, 0.25) is 5.02 Å². The van der Waals surface area contributed by atoms with E-state index in [-0.39, 0.29) is 34.0 Å². The smallest absolute Gasteiger partial charge is 0.270 e. The Morgan fingerprint density at radius 3 is 2.41 bits per heavy atom. The van der Waals surface area contributed by atoms with E-state index in [2.05, 4.69) is 5.32 Å². The molecule has 7 nitrogen and oxygen atoms in total. The Labute approximate surface area is 161 Å². The number of nitro groups is 1. The van der Waals surface area contributed by atoms with Crippen LogP contribution >= 0.6 is 11.6 Å². The lowest BCUT2D eigenvalue weighted by Crippen LogP contribution is -2.41. The van der Waals surface area contributed by atoms with E-state index in [0.29, 0.717) is 25.9 Å². The molecule has 0 bridgehead atoms. The van der Waals surface area contributed by atoms with Gasteiger partial charge in [0.2, 0.25) is 5.91 Å². The molecule has 0 atom stereocenters. The van der Waals surface area contributed by atoms with E-state index in [4.69, 9.17) is 11.6 Å². The van der Waals surface area contributed by atoms with Crippen LogP contribution < -0.4 is 5.32 Å². The summed E-state index contributed by atoms with van der Waals surface area (Å²) in [5.41, 5.74) is 0.669. The molecule has 1 heterocycles. The monoisotopic (exact) mass is 387 g/mol. The van der Waals surface area contributed by atoms with Crippen molar-refractivity contribution in [1.82, 2.24) is 4.90 Å². The number of hydrogen-bond donors (Lipinski definition) is 1. The number of amides is 2. The highest BCUT2D eigenvalue weighted by Crippen LogP contribution is 2.26. The number of non-ortho nitro benzene ring substituents is 1. The zero-order valence-corrected chi connectivity index (χ0v) is 15.2. The average molecular weight is 388 g/mol. The van der Waals surface area contributed by atoms with E-state index < -0.39 is 4.92 Å². The van der Waals surface area contributed by atoms with Crippen LogP contribution in [0.25, 0.3) is 0 Å². The van der Waals surface area contributed by atoms with Crippen LogP contribution in [-0.2, 0) is 4.79 Å². The molecular weight excluding hydrogens is 370 g/mol. The molecule has 2 amide bonds. The van der Waals surface area contributed by atoms with Crippen LogP contribution in [0.5, 0.6) is 0 Å². The number of hydrogen-bond acceptors (Lipinski definition) is 4. The Hall–Kier alpha value is -2.93. The Bertz CT molecular complexity index is 865. The fourth-order valence-electron chi connectivity index (χ4n) is 3.07. The number of carbonyl (C=O) groups is 2. The number of benzene rings is 2. The Morgan fingerprint density at radius 1 is 1.11 bits per heavy atom. The molecule has 0 aromatic heterocycles. The molecule has 140 valence electrons. The molecule has 1 fully saturated rings. The third kappa shape index (κ3) is 4.43. The molecule has 1 N–H and O–H groups in total. The molecule has 0 saturated carbocycles. The van der Waals surface area contributed by atoms with Crippen molar-refractivity contribution in [2.24, 2.45) is 5.92 Å². The van der Waals surface area contributed by atoms with Crippen molar-refractivity contribution >= 4 is 34.8 Å². The van der Waals surface area contributed by atoms with Crippen molar-refractivity contribution < 1.29 is 14.5 Å². The summed E-state index contributed by atoms with van der Waals surface area (Å²) in [6, 6.07) is 13.0. The number of carbonyl (C=O) groups excluding carboxylic acids is 2. The van der Waals surface area contributed by atoms with Crippen molar-refractivity contribution in [1.29, 1.82) is 0 Å². The topological polar surface area (TPSA) is 92.6 Å². The molecule has 0 spiro atoms. The van der Waals surface area contributed by atoms with Crippen molar-refractivity contribution in [2.45, 2.75) is 12.8 Å². The normalized spacial score (nSPS) is 14.6. The standard InChI is InChI=1S/C19H18ClN3O4/c20-17-7-6-15(23(26)27)12-16(17)19(25)22-10-8-13(9-11-22)18(24)21-14-4-2-1-3-5-14/h1-7,12-13H,8-11H2,(H,21,24). The average Bonchev–Trinajstić information content (AvgIpc) is 2.68. The molecule has 1 saturated heterocycles. The molecule has 0 radical (unpaired) electrons. The second-order valence-corrected chi connectivity index (χ2v) is 6.75. The number of anilines is 1. The van der Waals surface area contributed by atoms with Gasteiger partial charge in [0, 0.05) is 36.8 Å². The summed E-state index contributed by atoms with van der Waals surface area (Å²) in [5.74, 6) is -0.609. The molecule has 0 unspecified atom stereocenters. The zero-order chi connectivity index (χ0) is 19.4. The van der Waals surface area contributed by atoms with E-state index in [9.17, 15) is 19.7 Å². The highest BCUT2D eigenvalue weighted by Gasteiger charge is 2.29. The Kier molecular flexibility index (Phi) is 5.71. The third-order valence-electron chi connectivity index (χ3n) is 4.59. The number of rotatable bonds is 4. The van der Waals surface area contributed by atoms with Crippen molar-refractivity contribution in [3.05, 3.63) is 69.2 Å². The molecule has 8 heteroatoms. The van der Waals surface area contributed by atoms with Crippen LogP contribution in [0.15, 0.2) is 48.5 Å². The summed E-state index contributed by atoms with van der Waals surface area (Å²) in [6.07, 6.45) is 1.05. The van der Waals surface area contributed by atoms with Crippen LogP contribution in [0.1, 0.15) is 23.2 Å². The third-order valence-corrected chi connectivity index (χ3v) is 4.92. The lowest BCUT2D eigenvalue weighted by atomic mass is 9.95. The summed E-state index contributed by atoms with van der Waals surface area (Å²) in [4.78, 5) is 37.0. The highest BCUT2D eigenvalue weighted by molar-refractivity contribution is 6.33. The molecule has 3 rings (SSSR count). The Morgan fingerprint density at radius 2 is 1.78 bits per heavy atom. The zero-order valence-electron chi connectivity index (χ0n) is 14.4. The highest BCUT2D eigenvalue weighted by atomic mass is 35.5. The van der Waals surface area contributed by atoms with Gasteiger partial charge in [0.15, 0.2) is 0 Å². The lowest BCUT2D eigenvalue weighted by Gasteiger charge is -2.31. The quantitative estimate of drug-likeness (QED) is 0.638. The summed E-state index contributed by atoms with van der Waals surface area (Å²) < 4.78 is 0. The number of nitro benzene ring substituents is 1. The lowest BCUT2D eigenvalue weighted by molar-refractivity contribution is -0.384. The van der Waals surface area contributed by atoms with Gasteiger partial charge >= 0.3 is 0 Å². The predicted molar refractivity (Wildman–Crippen MR) is 102 cm³/mol. The number of nitrogens with zero attached hydrogens (tertiary/aromatic N) is 2. The van der Waals surface area contributed by atoms with Crippen LogP contribution in [0, 0.1) is 16.0 Å². The van der Waals surface area contributed by atoms with Gasteiger partial charge in [0.1, 0.15) is 0 Å². The van der Waals surface area contributed by atoms with Crippen molar-refractivity contribution in [3.63, 3.8) is 0 Å². The molecule has 0 aliphatic carbocycles. The first-order valence-corrected chi connectivity index (χ1v) is 8.92. The van der Waals surface area contributed by atoms with Crippen LogP contribution in [0.4, 0.5) is 11.4 Å². The molecule has 2 aromatic rings. The summed E-state index contributed by atoms with van der Waals surface area (Å²) in [5, 5.41) is 14.0. The number of para-hydroxylation sites is 1. The van der Waals surface area contributed by atoms with Gasteiger partial charge in [-0.15, -0.1) is 0 Å². The van der Waals surface area contributed by atoms with Crippen LogP contribution in [0.3, 0.4) is 0 Å². The summed E-state index contributed by atoms with van der Waals surface area (Å²) in [7, 11) is 0. The number of piperidine rings is 1. The largest absolute Gasteiger partial charge is 0.339 e. The van der Waals surface area contributed by atoms with Gasteiger partial charge in [0.05, 0.1) is 15.5 Å². The van der Waals surface area contributed by atoms with Gasteiger partial charge in [-0.3, -0.25) is 19.7 Å². The van der Waals surface area contributed by atoms with Gasteiger partial charge in [-0.1, -0.05) is 29.8 Å². The van der Waals surface area contributed by atoms with Crippen LogP contribution in [-0.4, -0.2) is 34.7 Å². The van der Waals surface area contributed by atoms with E-state index >= 15 is 0 Å². The molecule has 2 aromatic carbocycles. The molecular formula is C19H18ClN3O4. The minimum atomic E-state index is -0.562. The fourth-order valence-corrected chi connectivity index (χ4v) is 3.27. The first-order chi connectivity index (χ1) is 13.0. The van der Waals surface area contributed by atoms with Gasteiger partial charge in [-0.05, 0) is 31.0 Å². The SMILES string of the molecule is O=C(Nc1ccccc1)C1CCN(C(=O)c2cc([N+](=O)[O-])ccc2Cl)CC1. The minimum Gasteiger partial charge on any atom is -0.339 e. The van der Waals surface area contributed by atoms with E-state index in [1.165, 1.54) is 18.2 Å². The second-order valence-electron chi connectivity index (χ2n) is 6.34.